The van der Waals surface area contributed by atoms with Crippen LogP contribution in [-0.4, -0.2) is 26.2 Å². The van der Waals surface area contributed by atoms with Crippen LogP contribution in [0.15, 0.2) is 32.8 Å². The number of benzene rings is 1. The minimum Gasteiger partial charge on any atom is -0.496 e. The SMILES string of the molecule is COc1ccc(C)cc1CSc1nc(C)nc2c1c(=O)n(C)c(=O)n2CC(C)C. The van der Waals surface area contributed by atoms with Crippen molar-refractivity contribution in [1.82, 2.24) is 19.1 Å². The van der Waals surface area contributed by atoms with Crippen LogP contribution in [0, 0.1) is 19.8 Å². The second-order valence-corrected chi connectivity index (χ2v) is 8.49. The van der Waals surface area contributed by atoms with E-state index in [2.05, 4.69) is 16.0 Å². The molecular formula is C21H26N4O3S. The number of methoxy groups -OCH3 is 1. The molecule has 0 unspecified atom stereocenters. The fourth-order valence-electron chi connectivity index (χ4n) is 3.24. The lowest BCUT2D eigenvalue weighted by Crippen LogP contribution is -2.39. The Hall–Kier alpha value is -2.61. The van der Waals surface area contributed by atoms with E-state index in [1.165, 1.54) is 18.8 Å². The molecule has 0 aliphatic carbocycles. The Kier molecular flexibility index (Phi) is 6.12. The van der Waals surface area contributed by atoms with Crippen molar-refractivity contribution in [3.05, 3.63) is 56.0 Å². The molecule has 8 heteroatoms. The third-order valence-electron chi connectivity index (χ3n) is 4.61. The van der Waals surface area contributed by atoms with Gasteiger partial charge in [-0.15, -0.1) is 11.8 Å². The van der Waals surface area contributed by atoms with E-state index >= 15 is 0 Å². The number of hydrogen-bond acceptors (Lipinski definition) is 6. The van der Waals surface area contributed by atoms with Crippen LogP contribution in [0.2, 0.25) is 0 Å². The molecule has 0 spiro atoms. The monoisotopic (exact) mass is 414 g/mol. The Balaban J connectivity index is 2.16. The fraction of sp³-hybridized carbons (Fsp3) is 0.429. The van der Waals surface area contributed by atoms with Crippen molar-refractivity contribution in [2.75, 3.05) is 7.11 Å². The van der Waals surface area contributed by atoms with E-state index in [9.17, 15) is 9.59 Å². The first-order valence-electron chi connectivity index (χ1n) is 9.47. The predicted molar refractivity (Wildman–Crippen MR) is 116 cm³/mol. The van der Waals surface area contributed by atoms with Gasteiger partial charge in [0.1, 0.15) is 22.0 Å². The van der Waals surface area contributed by atoms with Crippen molar-refractivity contribution in [3.63, 3.8) is 0 Å². The highest BCUT2D eigenvalue weighted by Gasteiger charge is 2.19. The van der Waals surface area contributed by atoms with Gasteiger partial charge in [0.25, 0.3) is 5.56 Å². The van der Waals surface area contributed by atoms with Crippen molar-refractivity contribution in [2.45, 2.75) is 45.0 Å². The lowest BCUT2D eigenvalue weighted by molar-refractivity contribution is 0.411. The van der Waals surface area contributed by atoms with Crippen LogP contribution in [0.4, 0.5) is 0 Å². The molecule has 0 bridgehead atoms. The van der Waals surface area contributed by atoms with Crippen LogP contribution < -0.4 is 16.0 Å². The van der Waals surface area contributed by atoms with Crippen LogP contribution in [0.5, 0.6) is 5.75 Å². The van der Waals surface area contributed by atoms with Crippen LogP contribution in [0.1, 0.15) is 30.8 Å². The number of nitrogens with zero attached hydrogens (tertiary/aromatic N) is 4. The number of aromatic nitrogens is 4. The molecule has 0 saturated carbocycles. The first-order valence-corrected chi connectivity index (χ1v) is 10.5. The van der Waals surface area contributed by atoms with Crippen molar-refractivity contribution < 1.29 is 4.74 Å². The molecular weight excluding hydrogens is 388 g/mol. The average Bonchev–Trinajstić information content (AvgIpc) is 2.67. The van der Waals surface area contributed by atoms with Gasteiger partial charge in [-0.1, -0.05) is 31.5 Å². The summed E-state index contributed by atoms with van der Waals surface area (Å²) < 4.78 is 8.18. The Morgan fingerprint density at radius 1 is 1.17 bits per heavy atom. The van der Waals surface area contributed by atoms with Crippen LogP contribution in [-0.2, 0) is 19.3 Å². The van der Waals surface area contributed by atoms with E-state index in [1.807, 2.05) is 32.9 Å². The average molecular weight is 415 g/mol. The minimum atomic E-state index is -0.372. The van der Waals surface area contributed by atoms with Gasteiger partial charge >= 0.3 is 5.69 Å². The van der Waals surface area contributed by atoms with E-state index in [0.29, 0.717) is 34.2 Å². The lowest BCUT2D eigenvalue weighted by atomic mass is 10.1. The quantitative estimate of drug-likeness (QED) is 0.456. The minimum absolute atomic E-state index is 0.233. The maximum Gasteiger partial charge on any atom is 0.332 e. The zero-order chi connectivity index (χ0) is 21.3. The van der Waals surface area contributed by atoms with E-state index in [-0.39, 0.29) is 17.2 Å². The van der Waals surface area contributed by atoms with Gasteiger partial charge in [0, 0.05) is 24.9 Å². The molecule has 3 rings (SSSR count). The second kappa shape index (κ2) is 8.41. The molecule has 0 aliphatic heterocycles. The van der Waals surface area contributed by atoms with Gasteiger partial charge in [-0.05, 0) is 25.8 Å². The van der Waals surface area contributed by atoms with Gasteiger partial charge in [0.05, 0.1) is 7.11 Å². The van der Waals surface area contributed by atoms with Crippen molar-refractivity contribution in [3.8, 4) is 5.75 Å². The summed E-state index contributed by atoms with van der Waals surface area (Å²) in [5.41, 5.74) is 1.83. The number of ether oxygens (including phenoxy) is 1. The summed E-state index contributed by atoms with van der Waals surface area (Å²) in [5.74, 6) is 2.14. The van der Waals surface area contributed by atoms with Crippen LogP contribution in [0.3, 0.4) is 0 Å². The van der Waals surface area contributed by atoms with Gasteiger partial charge in [-0.3, -0.25) is 13.9 Å². The predicted octanol–water partition coefficient (Wildman–Crippen LogP) is 3.06. The van der Waals surface area contributed by atoms with E-state index < -0.39 is 0 Å². The topological polar surface area (TPSA) is 79.0 Å². The van der Waals surface area contributed by atoms with E-state index in [0.717, 1.165) is 21.4 Å². The summed E-state index contributed by atoms with van der Waals surface area (Å²) in [6, 6.07) is 6.00. The van der Waals surface area contributed by atoms with E-state index in [4.69, 9.17) is 4.74 Å². The highest BCUT2D eigenvalue weighted by Crippen LogP contribution is 2.30. The number of aryl methyl sites for hydroxylation is 2. The van der Waals surface area contributed by atoms with Gasteiger partial charge in [-0.2, -0.15) is 0 Å². The molecule has 1 aromatic carbocycles. The molecule has 0 saturated heterocycles. The molecule has 0 atom stereocenters. The molecule has 2 aromatic heterocycles. The van der Waals surface area contributed by atoms with Gasteiger partial charge in [-0.25, -0.2) is 14.8 Å². The van der Waals surface area contributed by atoms with Crippen molar-refractivity contribution in [1.29, 1.82) is 0 Å². The standard InChI is InChI=1S/C21H26N4O3S/c1-12(2)10-25-18-17(20(26)24(5)21(25)27)19(23-14(4)22-18)29-11-15-9-13(3)7-8-16(15)28-6/h7-9,12H,10-11H2,1-6H3. The zero-order valence-corrected chi connectivity index (χ0v) is 18.5. The molecule has 0 N–H and O–H groups in total. The smallest absolute Gasteiger partial charge is 0.332 e. The number of thioether (sulfide) groups is 1. The number of fused-ring (bicyclic) bond motifs is 1. The molecule has 2 heterocycles. The Morgan fingerprint density at radius 3 is 2.55 bits per heavy atom. The zero-order valence-electron chi connectivity index (χ0n) is 17.6. The molecule has 7 nitrogen and oxygen atoms in total. The Bertz CT molecular complexity index is 1180. The van der Waals surface area contributed by atoms with E-state index in [1.54, 1.807) is 18.6 Å². The highest BCUT2D eigenvalue weighted by atomic mass is 32.2. The van der Waals surface area contributed by atoms with Crippen molar-refractivity contribution in [2.24, 2.45) is 13.0 Å². The maximum atomic E-state index is 12.9. The van der Waals surface area contributed by atoms with Crippen molar-refractivity contribution >= 4 is 22.8 Å². The van der Waals surface area contributed by atoms with Crippen LogP contribution in [0.25, 0.3) is 11.0 Å². The number of hydrogen-bond donors (Lipinski definition) is 0. The normalized spacial score (nSPS) is 11.4. The maximum absolute atomic E-state index is 12.9. The first-order chi connectivity index (χ1) is 13.7. The third-order valence-corrected chi connectivity index (χ3v) is 5.63. The van der Waals surface area contributed by atoms with Gasteiger partial charge in [0.15, 0.2) is 5.65 Å². The first kappa shape index (κ1) is 21.1. The summed E-state index contributed by atoms with van der Waals surface area (Å²) in [6.45, 7) is 8.33. The summed E-state index contributed by atoms with van der Waals surface area (Å²) >= 11 is 1.45. The molecule has 0 fully saturated rings. The molecule has 154 valence electrons. The largest absolute Gasteiger partial charge is 0.496 e. The fourth-order valence-corrected chi connectivity index (χ4v) is 4.28. The summed E-state index contributed by atoms with van der Waals surface area (Å²) in [7, 11) is 3.14. The Morgan fingerprint density at radius 2 is 1.90 bits per heavy atom. The highest BCUT2D eigenvalue weighted by molar-refractivity contribution is 7.98. The van der Waals surface area contributed by atoms with Gasteiger partial charge in [0.2, 0.25) is 0 Å². The molecule has 0 amide bonds. The number of rotatable bonds is 6. The Labute approximate surface area is 173 Å². The van der Waals surface area contributed by atoms with Crippen LogP contribution >= 0.6 is 11.8 Å². The summed E-state index contributed by atoms with van der Waals surface area (Å²) in [5, 5.41) is 0.962. The molecule has 29 heavy (non-hydrogen) atoms. The third kappa shape index (κ3) is 4.22. The summed E-state index contributed by atoms with van der Waals surface area (Å²) in [6.07, 6.45) is 0. The lowest BCUT2D eigenvalue weighted by Gasteiger charge is -2.15. The summed E-state index contributed by atoms with van der Waals surface area (Å²) in [4.78, 5) is 34.6. The molecule has 0 aliphatic rings. The van der Waals surface area contributed by atoms with Gasteiger partial charge < -0.3 is 4.74 Å². The molecule has 3 aromatic rings. The molecule has 0 radical (unpaired) electrons. The second-order valence-electron chi connectivity index (χ2n) is 7.53.